The summed E-state index contributed by atoms with van der Waals surface area (Å²) in [5.74, 6) is 0.0697. The number of amides is 1. The molecule has 3 aromatic rings. The molecule has 6 heteroatoms. The van der Waals surface area contributed by atoms with Gasteiger partial charge in [-0.3, -0.25) is 9.79 Å². The van der Waals surface area contributed by atoms with Gasteiger partial charge in [-0.1, -0.05) is 77.8 Å². The van der Waals surface area contributed by atoms with E-state index >= 15 is 0 Å². The lowest BCUT2D eigenvalue weighted by atomic mass is 9.94. The quantitative estimate of drug-likeness (QED) is 0.450. The predicted octanol–water partition coefficient (Wildman–Crippen LogP) is 6.16. The first-order valence-electron chi connectivity index (χ1n) is 11.3. The Morgan fingerprint density at radius 3 is 2.27 bits per heavy atom. The van der Waals surface area contributed by atoms with Gasteiger partial charge in [0.15, 0.2) is 0 Å². The van der Waals surface area contributed by atoms with Crippen molar-refractivity contribution in [2.45, 2.75) is 31.3 Å². The molecule has 5 rings (SSSR count). The second-order valence-electron chi connectivity index (χ2n) is 8.53. The molecule has 2 aliphatic rings. The number of rotatable bonds is 4. The number of benzene rings is 3. The fourth-order valence-electron chi connectivity index (χ4n) is 4.78. The van der Waals surface area contributed by atoms with Crippen molar-refractivity contribution in [2.24, 2.45) is 4.99 Å². The standard InChI is InChI=1S/C27H25Cl2N3O/c28-23-10-6-11-24(29)22(23)17-26(33)31-15-13-20(14-16-31)32-18-30-27(19-7-2-1-3-8-19)21-9-4-5-12-25(21)32/h1-12,18,20,27H,13-17H2. The van der Waals surface area contributed by atoms with E-state index in [4.69, 9.17) is 28.2 Å². The number of para-hydroxylation sites is 1. The molecule has 33 heavy (non-hydrogen) atoms. The summed E-state index contributed by atoms with van der Waals surface area (Å²) in [5.41, 5.74) is 4.32. The minimum absolute atomic E-state index is 0.0145. The maximum Gasteiger partial charge on any atom is 0.227 e. The molecule has 1 saturated heterocycles. The summed E-state index contributed by atoms with van der Waals surface area (Å²) < 4.78 is 0. The van der Waals surface area contributed by atoms with Gasteiger partial charge in [-0.15, -0.1) is 0 Å². The lowest BCUT2D eigenvalue weighted by Gasteiger charge is -2.40. The van der Waals surface area contributed by atoms with Crippen LogP contribution in [-0.2, 0) is 11.2 Å². The monoisotopic (exact) mass is 477 g/mol. The Bertz CT molecular complexity index is 1150. The van der Waals surface area contributed by atoms with Crippen LogP contribution in [0, 0.1) is 0 Å². The number of carbonyl (C=O) groups excluding carboxylic acids is 1. The van der Waals surface area contributed by atoms with Gasteiger partial charge in [0.05, 0.1) is 12.8 Å². The van der Waals surface area contributed by atoms with E-state index in [9.17, 15) is 4.79 Å². The Hall–Kier alpha value is -2.82. The van der Waals surface area contributed by atoms with Crippen LogP contribution >= 0.6 is 23.2 Å². The van der Waals surface area contributed by atoms with Crippen molar-refractivity contribution in [3.8, 4) is 0 Å². The fraction of sp³-hybridized carbons (Fsp3) is 0.259. The average Bonchev–Trinajstić information content (AvgIpc) is 2.86. The number of fused-ring (bicyclic) bond motifs is 1. The van der Waals surface area contributed by atoms with Crippen molar-refractivity contribution in [2.75, 3.05) is 18.0 Å². The fourth-order valence-corrected chi connectivity index (χ4v) is 5.32. The maximum atomic E-state index is 12.9. The Morgan fingerprint density at radius 2 is 1.55 bits per heavy atom. The lowest BCUT2D eigenvalue weighted by Crippen LogP contribution is -2.47. The van der Waals surface area contributed by atoms with Crippen LogP contribution in [0.4, 0.5) is 5.69 Å². The van der Waals surface area contributed by atoms with Crippen molar-refractivity contribution in [1.29, 1.82) is 0 Å². The Morgan fingerprint density at radius 1 is 0.879 bits per heavy atom. The highest BCUT2D eigenvalue weighted by molar-refractivity contribution is 6.36. The third kappa shape index (κ3) is 4.50. The molecule has 0 bridgehead atoms. The molecule has 1 fully saturated rings. The molecule has 1 unspecified atom stereocenters. The molecular formula is C27H25Cl2N3O. The van der Waals surface area contributed by atoms with E-state index in [1.807, 2.05) is 17.3 Å². The number of nitrogens with zero attached hydrogens (tertiary/aromatic N) is 3. The van der Waals surface area contributed by atoms with Crippen molar-refractivity contribution in [1.82, 2.24) is 4.90 Å². The topological polar surface area (TPSA) is 35.9 Å². The minimum atomic E-state index is 0.0145. The molecule has 2 heterocycles. The van der Waals surface area contributed by atoms with Crippen LogP contribution in [0.25, 0.3) is 0 Å². The normalized spacial score (nSPS) is 18.3. The number of halogens is 2. The SMILES string of the molecule is O=C(Cc1c(Cl)cccc1Cl)N1CCC(N2C=NC(c3ccccc3)c3ccccc32)CC1. The van der Waals surface area contributed by atoms with E-state index in [2.05, 4.69) is 53.4 Å². The van der Waals surface area contributed by atoms with Crippen LogP contribution in [0.2, 0.25) is 10.0 Å². The Kier molecular flexibility index (Phi) is 6.39. The molecule has 2 aliphatic heterocycles. The van der Waals surface area contributed by atoms with Gasteiger partial charge in [0.1, 0.15) is 6.04 Å². The summed E-state index contributed by atoms with van der Waals surface area (Å²) in [6.45, 7) is 1.42. The minimum Gasteiger partial charge on any atom is -0.342 e. The van der Waals surface area contributed by atoms with E-state index < -0.39 is 0 Å². The van der Waals surface area contributed by atoms with Crippen molar-refractivity contribution in [3.63, 3.8) is 0 Å². The average molecular weight is 478 g/mol. The van der Waals surface area contributed by atoms with Crippen LogP contribution < -0.4 is 4.90 Å². The summed E-state index contributed by atoms with van der Waals surface area (Å²) >= 11 is 12.5. The smallest absolute Gasteiger partial charge is 0.227 e. The van der Waals surface area contributed by atoms with Crippen molar-refractivity contribution in [3.05, 3.63) is 99.5 Å². The lowest BCUT2D eigenvalue weighted by molar-refractivity contribution is -0.131. The van der Waals surface area contributed by atoms with Crippen LogP contribution in [0.15, 0.2) is 77.8 Å². The first-order chi connectivity index (χ1) is 16.1. The number of aliphatic imine (C=N–C) groups is 1. The van der Waals surface area contributed by atoms with Gasteiger partial charge in [-0.25, -0.2) is 0 Å². The van der Waals surface area contributed by atoms with Gasteiger partial charge >= 0.3 is 0 Å². The molecule has 0 N–H and O–H groups in total. The summed E-state index contributed by atoms with van der Waals surface area (Å²) in [5, 5.41) is 1.08. The molecule has 168 valence electrons. The van der Waals surface area contributed by atoms with Gasteiger partial charge in [0, 0.05) is 40.4 Å². The number of hydrogen-bond acceptors (Lipinski definition) is 3. The van der Waals surface area contributed by atoms with Gasteiger partial charge < -0.3 is 9.80 Å². The molecule has 1 atom stereocenters. The van der Waals surface area contributed by atoms with Crippen molar-refractivity contribution >= 4 is 41.1 Å². The second kappa shape index (κ2) is 9.58. The summed E-state index contributed by atoms with van der Waals surface area (Å²) in [4.78, 5) is 22.1. The van der Waals surface area contributed by atoms with E-state index in [0.29, 0.717) is 34.7 Å². The van der Waals surface area contributed by atoms with Crippen LogP contribution in [-0.4, -0.2) is 36.3 Å². The highest BCUT2D eigenvalue weighted by atomic mass is 35.5. The third-order valence-electron chi connectivity index (χ3n) is 6.57. The molecule has 0 radical (unpaired) electrons. The van der Waals surface area contributed by atoms with Gasteiger partial charge in [-0.05, 0) is 42.2 Å². The number of likely N-dealkylation sites (tertiary alicyclic amines) is 1. The number of carbonyl (C=O) groups is 1. The molecule has 0 saturated carbocycles. The second-order valence-corrected chi connectivity index (χ2v) is 9.35. The Labute approximate surface area is 204 Å². The number of piperidine rings is 1. The van der Waals surface area contributed by atoms with Crippen LogP contribution in [0.1, 0.15) is 35.6 Å². The highest BCUT2D eigenvalue weighted by Crippen LogP contribution is 2.38. The molecule has 3 aromatic carbocycles. The van der Waals surface area contributed by atoms with E-state index in [1.54, 1.807) is 18.2 Å². The Balaban J connectivity index is 1.28. The molecule has 0 aliphatic carbocycles. The molecule has 0 aromatic heterocycles. The zero-order chi connectivity index (χ0) is 22.8. The van der Waals surface area contributed by atoms with Crippen LogP contribution in [0.3, 0.4) is 0 Å². The predicted molar refractivity (Wildman–Crippen MR) is 135 cm³/mol. The third-order valence-corrected chi connectivity index (χ3v) is 7.27. The van der Waals surface area contributed by atoms with Gasteiger partial charge in [0.25, 0.3) is 0 Å². The first-order valence-corrected chi connectivity index (χ1v) is 12.0. The molecular weight excluding hydrogens is 453 g/mol. The first kappa shape index (κ1) is 22.0. The highest BCUT2D eigenvalue weighted by Gasteiger charge is 2.31. The summed E-state index contributed by atoms with van der Waals surface area (Å²) in [6, 6.07) is 24.6. The zero-order valence-electron chi connectivity index (χ0n) is 18.2. The van der Waals surface area contributed by atoms with E-state index in [1.165, 1.54) is 16.8 Å². The van der Waals surface area contributed by atoms with Crippen LogP contribution in [0.5, 0.6) is 0 Å². The van der Waals surface area contributed by atoms with E-state index in [0.717, 1.165) is 12.8 Å². The molecule has 4 nitrogen and oxygen atoms in total. The van der Waals surface area contributed by atoms with Crippen molar-refractivity contribution < 1.29 is 4.79 Å². The molecule has 1 amide bonds. The number of anilines is 1. The summed E-state index contributed by atoms with van der Waals surface area (Å²) in [7, 11) is 0. The summed E-state index contributed by atoms with van der Waals surface area (Å²) in [6.07, 6.45) is 4.00. The maximum absolute atomic E-state index is 12.9. The zero-order valence-corrected chi connectivity index (χ0v) is 19.7. The number of hydrogen-bond donors (Lipinski definition) is 0. The molecule has 0 spiro atoms. The van der Waals surface area contributed by atoms with E-state index in [-0.39, 0.29) is 18.4 Å². The van der Waals surface area contributed by atoms with Gasteiger partial charge in [-0.2, -0.15) is 0 Å². The largest absolute Gasteiger partial charge is 0.342 e. The van der Waals surface area contributed by atoms with Gasteiger partial charge in [0.2, 0.25) is 5.91 Å².